The summed E-state index contributed by atoms with van der Waals surface area (Å²) in [6.45, 7) is 9.60. The smallest absolute Gasteiger partial charge is 0.158 e. The molecule has 6 aromatic carbocycles. The van der Waals surface area contributed by atoms with E-state index in [1.165, 1.54) is 52.6 Å². The highest BCUT2D eigenvalue weighted by atomic mass is 16.7. The number of rotatable bonds is 20. The molecule has 1 saturated carbocycles. The van der Waals surface area contributed by atoms with Gasteiger partial charge in [0.2, 0.25) is 0 Å². The van der Waals surface area contributed by atoms with Gasteiger partial charge in [-0.3, -0.25) is 0 Å². The average Bonchev–Trinajstić information content (AvgIpc) is 3.58. The Hall–Kier alpha value is -5.40. The Morgan fingerprint density at radius 2 is 0.679 bits per heavy atom. The molecule has 4 atom stereocenters. The van der Waals surface area contributed by atoms with Gasteiger partial charge in [0.05, 0.1) is 26.4 Å². The van der Waals surface area contributed by atoms with Gasteiger partial charge in [-0.1, -0.05) is 79.9 Å². The van der Waals surface area contributed by atoms with Crippen LogP contribution in [0.4, 0.5) is 34.1 Å². The number of nitrogens with zero attached hydrogens (tertiary/aromatic N) is 2. The van der Waals surface area contributed by atoms with Crippen molar-refractivity contribution in [2.45, 2.75) is 180 Å². The van der Waals surface area contributed by atoms with E-state index in [1.54, 1.807) is 0 Å². The molecule has 10 nitrogen and oxygen atoms in total. The summed E-state index contributed by atoms with van der Waals surface area (Å²) in [6, 6.07) is 50.1. The van der Waals surface area contributed by atoms with Crippen molar-refractivity contribution >= 4 is 34.1 Å². The second-order valence-electron chi connectivity index (χ2n) is 22.4. The number of hydrogen-bond acceptors (Lipinski definition) is 10. The summed E-state index contributed by atoms with van der Waals surface area (Å²) in [5, 5.41) is 0. The van der Waals surface area contributed by atoms with E-state index in [-0.39, 0.29) is 30.6 Å². The van der Waals surface area contributed by atoms with Gasteiger partial charge in [0.15, 0.2) is 25.2 Å². The molecule has 4 aliphatic heterocycles. The normalized spacial score (nSPS) is 21.7. The van der Waals surface area contributed by atoms with E-state index in [1.807, 2.05) is 0 Å². The van der Waals surface area contributed by atoms with Crippen LogP contribution in [0.5, 0.6) is 0 Å². The van der Waals surface area contributed by atoms with Crippen LogP contribution in [0.25, 0.3) is 0 Å². The van der Waals surface area contributed by atoms with Crippen molar-refractivity contribution in [2.75, 3.05) is 36.2 Å². The van der Waals surface area contributed by atoms with Gasteiger partial charge in [-0.05, 0) is 221 Å². The van der Waals surface area contributed by atoms with E-state index in [9.17, 15) is 0 Å². The van der Waals surface area contributed by atoms with E-state index in [0.717, 1.165) is 162 Å². The predicted octanol–water partition coefficient (Wildman–Crippen LogP) is 16.7. The van der Waals surface area contributed by atoms with Crippen molar-refractivity contribution in [3.63, 3.8) is 0 Å². The zero-order valence-electron chi connectivity index (χ0n) is 46.3. The molecule has 4 saturated heterocycles. The van der Waals surface area contributed by atoms with Crippen molar-refractivity contribution in [1.29, 1.82) is 0 Å². The fourth-order valence-corrected chi connectivity index (χ4v) is 12.2. The van der Waals surface area contributed by atoms with Crippen LogP contribution < -0.4 is 9.80 Å². The highest BCUT2D eigenvalue weighted by Gasteiger charge is 2.36. The topological polar surface area (TPSA) is 80.3 Å². The second-order valence-corrected chi connectivity index (χ2v) is 22.4. The van der Waals surface area contributed by atoms with Gasteiger partial charge in [0, 0.05) is 66.0 Å². The zero-order chi connectivity index (χ0) is 52.9. The van der Waals surface area contributed by atoms with Gasteiger partial charge in [-0.2, -0.15) is 0 Å². The third kappa shape index (κ3) is 13.6. The van der Waals surface area contributed by atoms with Crippen LogP contribution >= 0.6 is 0 Å². The quantitative estimate of drug-likeness (QED) is 0.0737. The van der Waals surface area contributed by atoms with Gasteiger partial charge in [-0.15, -0.1) is 0 Å². The van der Waals surface area contributed by atoms with Crippen molar-refractivity contribution < 1.29 is 37.9 Å². The summed E-state index contributed by atoms with van der Waals surface area (Å²) in [7, 11) is 0. The number of benzene rings is 6. The molecule has 10 heteroatoms. The summed E-state index contributed by atoms with van der Waals surface area (Å²) in [4.78, 5) is 4.77. The Morgan fingerprint density at radius 3 is 1.00 bits per heavy atom. The lowest BCUT2D eigenvalue weighted by atomic mass is 9.65. The molecule has 0 aromatic heterocycles. The number of ether oxygens (including phenoxy) is 8. The molecule has 0 N–H and O–H groups in total. The monoisotopic (exact) mass is 1050 g/mol. The van der Waals surface area contributed by atoms with Crippen molar-refractivity contribution in [3.05, 3.63) is 178 Å². The predicted molar refractivity (Wildman–Crippen MR) is 309 cm³/mol. The second kappa shape index (κ2) is 26.7. The molecule has 0 radical (unpaired) electrons. The Labute approximate surface area is 464 Å². The molecular formula is C68H82N2O8. The molecule has 1 aliphatic carbocycles. The standard InChI is InChI=1S/C68H82N2O8/c1-50-44-62(32-22-54(50)48-77-66-16-6-12-42-73-66)69(58-28-18-52(19-29-58)46-75-64-14-4-10-40-71-64)60-34-24-56(25-35-60)68(38-8-3-9-39-68)57-26-36-61(37-27-57)70(59-30-20-53(21-31-59)47-76-65-15-5-11-41-72-65)63-33-23-55(51(2)45-63)49-78-67-17-7-13-43-74-67/h18-37,44-45,64-67H,3-17,38-43,46-49H2,1-2H3. The first-order valence-corrected chi connectivity index (χ1v) is 29.6. The molecule has 4 heterocycles. The summed E-state index contributed by atoms with van der Waals surface area (Å²) in [5.74, 6) is 0. The lowest BCUT2D eigenvalue weighted by molar-refractivity contribution is -0.169. The maximum atomic E-state index is 6.26. The molecule has 78 heavy (non-hydrogen) atoms. The minimum atomic E-state index is -0.128. The molecule has 0 spiro atoms. The SMILES string of the molecule is Cc1cc(N(c2ccc(COC3CCCCO3)cc2)c2ccc(C3(c4ccc(N(c5ccc(COC6CCCCO6)cc5)c5ccc(COC6CCCCO6)c(C)c5)cc4)CCCCC3)cc2)ccc1COC1CCCCO1. The molecular weight excluding hydrogens is 973 g/mol. The number of aryl methyl sites for hydroxylation is 2. The Bertz CT molecular complexity index is 2600. The molecule has 5 aliphatic rings. The van der Waals surface area contributed by atoms with Crippen LogP contribution in [0.15, 0.2) is 133 Å². The molecule has 0 bridgehead atoms. The Morgan fingerprint density at radius 1 is 0.359 bits per heavy atom. The van der Waals surface area contributed by atoms with Gasteiger partial charge in [0.25, 0.3) is 0 Å². The summed E-state index contributed by atoms with van der Waals surface area (Å²) < 4.78 is 48.5. The molecule has 0 amide bonds. The summed E-state index contributed by atoms with van der Waals surface area (Å²) >= 11 is 0. The van der Waals surface area contributed by atoms with Gasteiger partial charge >= 0.3 is 0 Å². The van der Waals surface area contributed by atoms with Crippen LogP contribution in [0.3, 0.4) is 0 Å². The summed E-state index contributed by atoms with van der Waals surface area (Å²) in [5.41, 5.74) is 16.3. The zero-order valence-corrected chi connectivity index (χ0v) is 46.3. The fraction of sp³-hybridized carbons (Fsp3) is 0.471. The van der Waals surface area contributed by atoms with Crippen molar-refractivity contribution in [3.8, 4) is 0 Å². The maximum Gasteiger partial charge on any atom is 0.158 e. The molecule has 412 valence electrons. The van der Waals surface area contributed by atoms with E-state index in [2.05, 4.69) is 157 Å². The minimum Gasteiger partial charge on any atom is -0.353 e. The van der Waals surface area contributed by atoms with E-state index in [0.29, 0.717) is 26.4 Å². The third-order valence-electron chi connectivity index (χ3n) is 16.9. The Kier molecular flexibility index (Phi) is 18.7. The summed E-state index contributed by atoms with van der Waals surface area (Å²) in [6.07, 6.45) is 18.2. The van der Waals surface area contributed by atoms with Gasteiger partial charge in [0.1, 0.15) is 0 Å². The molecule has 5 fully saturated rings. The van der Waals surface area contributed by atoms with Crippen molar-refractivity contribution in [1.82, 2.24) is 0 Å². The van der Waals surface area contributed by atoms with E-state index < -0.39 is 0 Å². The van der Waals surface area contributed by atoms with Crippen LogP contribution in [0.2, 0.25) is 0 Å². The first-order valence-electron chi connectivity index (χ1n) is 29.6. The lowest BCUT2D eigenvalue weighted by Gasteiger charge is -2.39. The van der Waals surface area contributed by atoms with Crippen LogP contribution in [-0.4, -0.2) is 51.6 Å². The van der Waals surface area contributed by atoms with Crippen molar-refractivity contribution in [2.24, 2.45) is 0 Å². The number of hydrogen-bond donors (Lipinski definition) is 0. The van der Waals surface area contributed by atoms with Gasteiger partial charge < -0.3 is 47.7 Å². The van der Waals surface area contributed by atoms with Crippen LogP contribution in [0.1, 0.15) is 154 Å². The van der Waals surface area contributed by atoms with Crippen LogP contribution in [-0.2, 0) is 69.7 Å². The highest BCUT2D eigenvalue weighted by molar-refractivity contribution is 5.79. The molecule has 6 aromatic rings. The first kappa shape index (κ1) is 54.6. The highest BCUT2D eigenvalue weighted by Crippen LogP contribution is 2.47. The van der Waals surface area contributed by atoms with Gasteiger partial charge in [-0.25, -0.2) is 0 Å². The van der Waals surface area contributed by atoms with E-state index in [4.69, 9.17) is 37.9 Å². The maximum absolute atomic E-state index is 6.26. The third-order valence-corrected chi connectivity index (χ3v) is 16.9. The molecule has 4 unspecified atom stereocenters. The fourth-order valence-electron chi connectivity index (χ4n) is 12.2. The molecule has 11 rings (SSSR count). The first-order chi connectivity index (χ1) is 38.4. The lowest BCUT2D eigenvalue weighted by Crippen LogP contribution is -2.30. The minimum absolute atomic E-state index is 0.112. The number of anilines is 6. The average molecular weight is 1060 g/mol. The van der Waals surface area contributed by atoms with E-state index >= 15 is 0 Å². The largest absolute Gasteiger partial charge is 0.353 e. The Balaban J connectivity index is 0.870. The van der Waals surface area contributed by atoms with Crippen LogP contribution in [0, 0.1) is 13.8 Å².